The Labute approximate surface area is 135 Å². The maximum absolute atomic E-state index is 12.4. The summed E-state index contributed by atoms with van der Waals surface area (Å²) < 4.78 is 4.97. The summed E-state index contributed by atoms with van der Waals surface area (Å²) in [5.41, 5.74) is 0.0534. The number of aromatic hydroxyl groups is 3. The van der Waals surface area contributed by atoms with Crippen LogP contribution in [0, 0.1) is 0 Å². The lowest BCUT2D eigenvalue weighted by atomic mass is 10.0. The molecule has 0 saturated heterocycles. The summed E-state index contributed by atoms with van der Waals surface area (Å²) in [6.45, 7) is 0. The fourth-order valence-corrected chi connectivity index (χ4v) is 2.26. The smallest absolute Gasteiger partial charge is 0.336 e. The molecule has 0 aliphatic rings. The fourth-order valence-electron chi connectivity index (χ4n) is 2.26. The summed E-state index contributed by atoms with van der Waals surface area (Å²) in [6, 6.07) is 9.34. The Hall–Kier alpha value is -3.54. The molecule has 0 spiro atoms. The van der Waals surface area contributed by atoms with E-state index >= 15 is 0 Å². The first kappa shape index (κ1) is 15.4. The number of phenolic OH excluding ortho intramolecular Hbond substituents is 3. The van der Waals surface area contributed by atoms with Gasteiger partial charge in [0.1, 0.15) is 11.3 Å². The SMILES string of the molecule is O=C(/C=C/c1ccc(O)c(O)c1)c1cc(=O)oc2cc(O)ccc12. The molecule has 6 nitrogen and oxygen atoms in total. The van der Waals surface area contributed by atoms with Gasteiger partial charge in [0.15, 0.2) is 17.3 Å². The van der Waals surface area contributed by atoms with Gasteiger partial charge in [-0.05, 0) is 35.9 Å². The number of rotatable bonds is 3. The van der Waals surface area contributed by atoms with Crippen LogP contribution in [-0.2, 0) is 0 Å². The first-order chi connectivity index (χ1) is 11.4. The molecule has 3 rings (SSSR count). The number of ketones is 1. The molecule has 1 heterocycles. The predicted octanol–water partition coefficient (Wildman–Crippen LogP) is 2.81. The average molecular weight is 324 g/mol. The zero-order valence-corrected chi connectivity index (χ0v) is 12.3. The molecule has 24 heavy (non-hydrogen) atoms. The second-order valence-electron chi connectivity index (χ2n) is 5.11. The maximum atomic E-state index is 12.4. The number of benzene rings is 2. The van der Waals surface area contributed by atoms with E-state index in [1.807, 2.05) is 0 Å². The van der Waals surface area contributed by atoms with Gasteiger partial charge in [0.2, 0.25) is 0 Å². The van der Waals surface area contributed by atoms with Crippen molar-refractivity contribution in [3.05, 3.63) is 70.1 Å². The van der Waals surface area contributed by atoms with Crippen LogP contribution < -0.4 is 5.63 Å². The molecular weight excluding hydrogens is 312 g/mol. The maximum Gasteiger partial charge on any atom is 0.336 e. The van der Waals surface area contributed by atoms with Gasteiger partial charge in [0.05, 0.1) is 0 Å². The summed E-state index contributed by atoms with van der Waals surface area (Å²) in [7, 11) is 0. The topological polar surface area (TPSA) is 108 Å². The largest absolute Gasteiger partial charge is 0.508 e. The van der Waals surface area contributed by atoms with Crippen molar-refractivity contribution in [1.29, 1.82) is 0 Å². The van der Waals surface area contributed by atoms with E-state index in [1.165, 1.54) is 48.6 Å². The van der Waals surface area contributed by atoms with Crippen LogP contribution in [0.15, 0.2) is 57.8 Å². The van der Waals surface area contributed by atoms with Crippen LogP contribution in [0.25, 0.3) is 17.0 Å². The molecular formula is C18H12O6. The Morgan fingerprint density at radius 1 is 0.958 bits per heavy atom. The van der Waals surface area contributed by atoms with Crippen LogP contribution in [0.2, 0.25) is 0 Å². The lowest BCUT2D eigenvalue weighted by Gasteiger charge is -2.03. The lowest BCUT2D eigenvalue weighted by molar-refractivity contribution is 0.104. The molecule has 3 aromatic rings. The number of carbonyl (C=O) groups excluding carboxylic acids is 1. The van der Waals surface area contributed by atoms with Gasteiger partial charge in [0, 0.05) is 23.1 Å². The Kier molecular flexibility index (Phi) is 3.79. The van der Waals surface area contributed by atoms with Crippen molar-refractivity contribution in [2.75, 3.05) is 0 Å². The molecule has 3 N–H and O–H groups in total. The van der Waals surface area contributed by atoms with Gasteiger partial charge in [-0.25, -0.2) is 4.79 Å². The number of fused-ring (bicyclic) bond motifs is 1. The van der Waals surface area contributed by atoms with E-state index in [0.717, 1.165) is 6.07 Å². The van der Waals surface area contributed by atoms with Crippen molar-refractivity contribution in [3.8, 4) is 17.2 Å². The molecule has 0 atom stereocenters. The molecule has 0 amide bonds. The third-order valence-electron chi connectivity index (χ3n) is 3.42. The number of carbonyl (C=O) groups is 1. The van der Waals surface area contributed by atoms with Gasteiger partial charge >= 0.3 is 5.63 Å². The second kappa shape index (κ2) is 5.92. The molecule has 0 bridgehead atoms. The highest BCUT2D eigenvalue weighted by molar-refractivity contribution is 6.14. The van der Waals surface area contributed by atoms with Gasteiger partial charge in [-0.3, -0.25) is 4.79 Å². The highest BCUT2D eigenvalue weighted by Gasteiger charge is 2.11. The standard InChI is InChI=1S/C18H12O6/c19-11-3-4-12-13(9-18(23)24-17(12)8-11)14(20)5-1-10-2-6-15(21)16(22)7-10/h1-9,19,21-22H/b5-1+. The molecule has 1 aromatic heterocycles. The zero-order chi connectivity index (χ0) is 17.3. The van der Waals surface area contributed by atoms with Crippen LogP contribution in [0.1, 0.15) is 15.9 Å². The third kappa shape index (κ3) is 2.98. The Morgan fingerprint density at radius 3 is 2.50 bits per heavy atom. The summed E-state index contributed by atoms with van der Waals surface area (Å²) in [6.07, 6.45) is 2.69. The van der Waals surface area contributed by atoms with E-state index in [-0.39, 0.29) is 28.4 Å². The molecule has 0 saturated carbocycles. The molecule has 0 aliphatic heterocycles. The summed E-state index contributed by atoms with van der Waals surface area (Å²) in [5.74, 6) is -1.08. The molecule has 0 aliphatic carbocycles. The monoisotopic (exact) mass is 324 g/mol. The van der Waals surface area contributed by atoms with Gasteiger partial charge in [-0.2, -0.15) is 0 Å². The van der Waals surface area contributed by atoms with Crippen molar-refractivity contribution < 1.29 is 24.5 Å². The van der Waals surface area contributed by atoms with Gasteiger partial charge in [-0.15, -0.1) is 0 Å². The minimum Gasteiger partial charge on any atom is -0.508 e. The molecule has 0 fully saturated rings. The average Bonchev–Trinajstić information content (AvgIpc) is 2.54. The van der Waals surface area contributed by atoms with E-state index in [1.54, 1.807) is 0 Å². The van der Waals surface area contributed by atoms with Crippen LogP contribution >= 0.6 is 0 Å². The van der Waals surface area contributed by atoms with Crippen LogP contribution in [0.5, 0.6) is 17.2 Å². The molecule has 0 radical (unpaired) electrons. The summed E-state index contributed by atoms with van der Waals surface area (Å²) in [5, 5.41) is 28.5. The Bertz CT molecular complexity index is 1030. The summed E-state index contributed by atoms with van der Waals surface area (Å²) >= 11 is 0. The Balaban J connectivity index is 2.00. The van der Waals surface area contributed by atoms with E-state index in [9.17, 15) is 24.9 Å². The van der Waals surface area contributed by atoms with E-state index in [0.29, 0.717) is 10.9 Å². The summed E-state index contributed by atoms with van der Waals surface area (Å²) in [4.78, 5) is 24.0. The number of hydrogen-bond acceptors (Lipinski definition) is 6. The highest BCUT2D eigenvalue weighted by atomic mass is 16.4. The van der Waals surface area contributed by atoms with Gasteiger partial charge in [-0.1, -0.05) is 12.1 Å². The normalized spacial score (nSPS) is 11.2. The number of hydrogen-bond donors (Lipinski definition) is 3. The molecule has 0 unspecified atom stereocenters. The number of phenols is 3. The van der Waals surface area contributed by atoms with Crippen LogP contribution in [0.3, 0.4) is 0 Å². The highest BCUT2D eigenvalue weighted by Crippen LogP contribution is 2.26. The minimum atomic E-state index is -0.702. The van der Waals surface area contributed by atoms with Crippen LogP contribution in [0.4, 0.5) is 0 Å². The molecule has 120 valence electrons. The van der Waals surface area contributed by atoms with Crippen molar-refractivity contribution in [1.82, 2.24) is 0 Å². The van der Waals surface area contributed by atoms with Crippen molar-refractivity contribution >= 4 is 22.8 Å². The van der Waals surface area contributed by atoms with E-state index < -0.39 is 11.4 Å². The zero-order valence-electron chi connectivity index (χ0n) is 12.3. The van der Waals surface area contributed by atoms with Crippen molar-refractivity contribution in [3.63, 3.8) is 0 Å². The van der Waals surface area contributed by atoms with Crippen molar-refractivity contribution in [2.24, 2.45) is 0 Å². The van der Waals surface area contributed by atoms with Gasteiger partial charge < -0.3 is 19.7 Å². The predicted molar refractivity (Wildman–Crippen MR) is 87.3 cm³/mol. The molecule has 6 heteroatoms. The lowest BCUT2D eigenvalue weighted by Crippen LogP contribution is -2.04. The molecule has 2 aromatic carbocycles. The number of allylic oxidation sites excluding steroid dienone is 1. The minimum absolute atomic E-state index is 0.0784. The fraction of sp³-hybridized carbons (Fsp3) is 0. The second-order valence-corrected chi connectivity index (χ2v) is 5.11. The first-order valence-electron chi connectivity index (χ1n) is 6.95. The van der Waals surface area contributed by atoms with E-state index in [4.69, 9.17) is 4.42 Å². The third-order valence-corrected chi connectivity index (χ3v) is 3.42. The first-order valence-corrected chi connectivity index (χ1v) is 6.95. The van der Waals surface area contributed by atoms with E-state index in [2.05, 4.69) is 0 Å². The van der Waals surface area contributed by atoms with Crippen LogP contribution in [-0.4, -0.2) is 21.1 Å². The van der Waals surface area contributed by atoms with Gasteiger partial charge in [0.25, 0.3) is 0 Å². The van der Waals surface area contributed by atoms with Crippen molar-refractivity contribution in [2.45, 2.75) is 0 Å². The quantitative estimate of drug-likeness (QED) is 0.296. The Morgan fingerprint density at radius 2 is 1.75 bits per heavy atom.